The summed E-state index contributed by atoms with van der Waals surface area (Å²) < 4.78 is 5.64. The SMILES string of the molecule is CCCCCOc1ccc(-c2cnc(C(=O)O)cn2)cc1. The highest BCUT2D eigenvalue weighted by Gasteiger charge is 2.06. The van der Waals surface area contributed by atoms with Gasteiger partial charge in [0.05, 0.1) is 24.7 Å². The number of unbranched alkanes of at least 4 members (excludes halogenated alkanes) is 2. The Morgan fingerprint density at radius 1 is 1.14 bits per heavy atom. The van der Waals surface area contributed by atoms with E-state index in [-0.39, 0.29) is 5.69 Å². The van der Waals surface area contributed by atoms with Crippen LogP contribution in [0.25, 0.3) is 11.3 Å². The van der Waals surface area contributed by atoms with Crippen LogP contribution in [0.1, 0.15) is 36.7 Å². The predicted octanol–water partition coefficient (Wildman–Crippen LogP) is 3.41. The van der Waals surface area contributed by atoms with Crippen LogP contribution < -0.4 is 4.74 Å². The fraction of sp³-hybridized carbons (Fsp3) is 0.312. The molecule has 0 radical (unpaired) electrons. The molecule has 1 heterocycles. The van der Waals surface area contributed by atoms with Crippen LogP contribution >= 0.6 is 0 Å². The first kappa shape index (κ1) is 15.0. The summed E-state index contributed by atoms with van der Waals surface area (Å²) in [5.74, 6) is -0.255. The van der Waals surface area contributed by atoms with Crippen molar-refractivity contribution in [2.75, 3.05) is 6.61 Å². The Balaban J connectivity index is 1.99. The van der Waals surface area contributed by atoms with E-state index in [4.69, 9.17) is 9.84 Å². The zero-order valence-electron chi connectivity index (χ0n) is 12.0. The van der Waals surface area contributed by atoms with E-state index in [2.05, 4.69) is 16.9 Å². The number of carbonyl (C=O) groups is 1. The summed E-state index contributed by atoms with van der Waals surface area (Å²) in [7, 11) is 0. The molecule has 2 aromatic rings. The van der Waals surface area contributed by atoms with E-state index < -0.39 is 5.97 Å². The summed E-state index contributed by atoms with van der Waals surface area (Å²) in [6, 6.07) is 7.54. The maximum atomic E-state index is 10.7. The number of hydrogen-bond donors (Lipinski definition) is 1. The van der Waals surface area contributed by atoms with Crippen LogP contribution in [0, 0.1) is 0 Å². The van der Waals surface area contributed by atoms with E-state index >= 15 is 0 Å². The molecule has 0 aliphatic rings. The average molecular weight is 286 g/mol. The van der Waals surface area contributed by atoms with E-state index in [1.165, 1.54) is 25.2 Å². The third kappa shape index (κ3) is 4.27. The predicted molar refractivity (Wildman–Crippen MR) is 79.4 cm³/mol. The lowest BCUT2D eigenvalue weighted by molar-refractivity contribution is 0.0690. The molecule has 0 fully saturated rings. The number of aromatic nitrogens is 2. The zero-order valence-corrected chi connectivity index (χ0v) is 12.0. The number of ether oxygens (including phenoxy) is 1. The molecule has 0 aliphatic carbocycles. The summed E-state index contributed by atoms with van der Waals surface area (Å²) in [4.78, 5) is 18.7. The maximum Gasteiger partial charge on any atom is 0.356 e. The van der Waals surface area contributed by atoms with E-state index in [0.29, 0.717) is 5.69 Å². The van der Waals surface area contributed by atoms with E-state index in [1.54, 1.807) is 0 Å². The highest BCUT2D eigenvalue weighted by molar-refractivity contribution is 5.85. The van der Waals surface area contributed by atoms with E-state index in [0.717, 1.165) is 24.3 Å². The van der Waals surface area contributed by atoms with E-state index in [9.17, 15) is 4.79 Å². The van der Waals surface area contributed by atoms with Gasteiger partial charge in [-0.3, -0.25) is 4.98 Å². The number of benzene rings is 1. The molecule has 0 saturated heterocycles. The molecule has 0 amide bonds. The van der Waals surface area contributed by atoms with Crippen molar-refractivity contribution in [2.24, 2.45) is 0 Å². The summed E-state index contributed by atoms with van der Waals surface area (Å²) in [6.07, 6.45) is 6.12. The molecule has 0 aliphatic heterocycles. The number of aromatic carboxylic acids is 1. The molecule has 2 rings (SSSR count). The molecule has 1 N–H and O–H groups in total. The Labute approximate surface area is 123 Å². The Hall–Kier alpha value is -2.43. The van der Waals surface area contributed by atoms with Crippen LogP contribution in [0.4, 0.5) is 0 Å². The second kappa shape index (κ2) is 7.38. The number of carboxylic acids is 1. The van der Waals surface area contributed by atoms with Crippen LogP contribution in [-0.4, -0.2) is 27.7 Å². The number of hydrogen-bond acceptors (Lipinski definition) is 4. The molecular formula is C16H18N2O3. The van der Waals surface area contributed by atoms with Crippen LogP contribution in [0.2, 0.25) is 0 Å². The van der Waals surface area contributed by atoms with Gasteiger partial charge in [-0.15, -0.1) is 0 Å². The Morgan fingerprint density at radius 2 is 1.90 bits per heavy atom. The van der Waals surface area contributed by atoms with Gasteiger partial charge in [-0.25, -0.2) is 9.78 Å². The molecule has 0 saturated carbocycles. The maximum absolute atomic E-state index is 10.7. The van der Waals surface area contributed by atoms with Gasteiger partial charge in [0.2, 0.25) is 0 Å². The standard InChI is InChI=1S/C16H18N2O3/c1-2-3-4-9-21-13-7-5-12(6-8-13)14-10-18-15(11-17-14)16(19)20/h5-8,10-11H,2-4,9H2,1H3,(H,19,20). The van der Waals surface area contributed by atoms with Crippen molar-refractivity contribution in [3.05, 3.63) is 42.4 Å². The largest absolute Gasteiger partial charge is 0.494 e. The first-order valence-electron chi connectivity index (χ1n) is 6.99. The molecule has 1 aromatic heterocycles. The van der Waals surface area contributed by atoms with Crippen LogP contribution in [0.3, 0.4) is 0 Å². The van der Waals surface area contributed by atoms with Crippen molar-refractivity contribution in [1.82, 2.24) is 9.97 Å². The minimum atomic E-state index is -1.08. The molecular weight excluding hydrogens is 268 g/mol. The van der Waals surface area contributed by atoms with Crippen molar-refractivity contribution in [1.29, 1.82) is 0 Å². The summed E-state index contributed by atoms with van der Waals surface area (Å²) in [6.45, 7) is 2.88. The summed E-state index contributed by atoms with van der Waals surface area (Å²) in [5, 5.41) is 8.78. The van der Waals surface area contributed by atoms with Gasteiger partial charge in [0, 0.05) is 5.56 Å². The topological polar surface area (TPSA) is 72.3 Å². The van der Waals surface area contributed by atoms with Gasteiger partial charge in [0.1, 0.15) is 5.75 Å². The monoisotopic (exact) mass is 286 g/mol. The lowest BCUT2D eigenvalue weighted by atomic mass is 10.1. The third-order valence-electron chi connectivity index (χ3n) is 3.04. The average Bonchev–Trinajstić information content (AvgIpc) is 2.52. The highest BCUT2D eigenvalue weighted by Crippen LogP contribution is 2.20. The Kier molecular flexibility index (Phi) is 5.26. The van der Waals surface area contributed by atoms with Crippen molar-refractivity contribution in [3.8, 4) is 17.0 Å². The summed E-state index contributed by atoms with van der Waals surface area (Å²) >= 11 is 0. The van der Waals surface area contributed by atoms with Crippen LogP contribution in [0.5, 0.6) is 5.75 Å². The second-order valence-corrected chi connectivity index (χ2v) is 4.67. The molecule has 0 unspecified atom stereocenters. The number of rotatable bonds is 7. The van der Waals surface area contributed by atoms with Crippen molar-refractivity contribution in [2.45, 2.75) is 26.2 Å². The molecule has 110 valence electrons. The van der Waals surface area contributed by atoms with Gasteiger partial charge in [-0.1, -0.05) is 19.8 Å². The fourth-order valence-corrected chi connectivity index (χ4v) is 1.85. The second-order valence-electron chi connectivity index (χ2n) is 4.67. The minimum absolute atomic E-state index is 0.0605. The van der Waals surface area contributed by atoms with Gasteiger partial charge in [-0.05, 0) is 30.7 Å². The van der Waals surface area contributed by atoms with E-state index in [1.807, 2.05) is 24.3 Å². The fourth-order valence-electron chi connectivity index (χ4n) is 1.85. The third-order valence-corrected chi connectivity index (χ3v) is 3.04. The van der Waals surface area contributed by atoms with Crippen molar-refractivity contribution < 1.29 is 14.6 Å². The molecule has 21 heavy (non-hydrogen) atoms. The smallest absolute Gasteiger partial charge is 0.356 e. The zero-order chi connectivity index (χ0) is 15.1. The van der Waals surface area contributed by atoms with Gasteiger partial charge >= 0.3 is 5.97 Å². The van der Waals surface area contributed by atoms with Crippen LogP contribution in [0.15, 0.2) is 36.7 Å². The first-order valence-corrected chi connectivity index (χ1v) is 6.99. The number of nitrogens with zero attached hydrogens (tertiary/aromatic N) is 2. The van der Waals surface area contributed by atoms with Crippen molar-refractivity contribution >= 4 is 5.97 Å². The lowest BCUT2D eigenvalue weighted by Gasteiger charge is -2.06. The molecule has 1 aromatic carbocycles. The van der Waals surface area contributed by atoms with Crippen LogP contribution in [-0.2, 0) is 0 Å². The molecule has 0 spiro atoms. The lowest BCUT2D eigenvalue weighted by Crippen LogP contribution is -2.01. The van der Waals surface area contributed by atoms with Gasteiger partial charge in [0.25, 0.3) is 0 Å². The first-order chi connectivity index (χ1) is 10.2. The Bertz CT molecular complexity index is 579. The molecule has 0 atom stereocenters. The Morgan fingerprint density at radius 3 is 2.48 bits per heavy atom. The quantitative estimate of drug-likeness (QED) is 0.790. The number of carboxylic acid groups (broad SMARTS) is 1. The van der Waals surface area contributed by atoms with Crippen molar-refractivity contribution in [3.63, 3.8) is 0 Å². The normalized spacial score (nSPS) is 10.3. The highest BCUT2D eigenvalue weighted by atomic mass is 16.5. The summed E-state index contributed by atoms with van der Waals surface area (Å²) in [5.41, 5.74) is 1.45. The van der Waals surface area contributed by atoms with Gasteiger partial charge in [-0.2, -0.15) is 0 Å². The molecule has 5 heteroatoms. The molecule has 0 bridgehead atoms. The minimum Gasteiger partial charge on any atom is -0.494 e. The van der Waals surface area contributed by atoms with Gasteiger partial charge < -0.3 is 9.84 Å². The molecule has 5 nitrogen and oxygen atoms in total. The van der Waals surface area contributed by atoms with Gasteiger partial charge in [0.15, 0.2) is 5.69 Å².